The summed E-state index contributed by atoms with van der Waals surface area (Å²) < 4.78 is 0. The van der Waals surface area contributed by atoms with Crippen molar-refractivity contribution in [3.8, 4) is 0 Å². The number of carbonyl (C=O) groups is 1. The summed E-state index contributed by atoms with van der Waals surface area (Å²) in [6, 6.07) is 18.2. The largest absolute Gasteiger partial charge is 0.394 e. The van der Waals surface area contributed by atoms with Crippen LogP contribution in [0.25, 0.3) is 0 Å². The Balaban J connectivity index is 1.83. The summed E-state index contributed by atoms with van der Waals surface area (Å²) in [6.45, 7) is -0.0420. The molecule has 3 nitrogen and oxygen atoms in total. The molecular formula is C21H23NO2. The predicted molar refractivity (Wildman–Crippen MR) is 93.4 cm³/mol. The average molecular weight is 321 g/mol. The lowest BCUT2D eigenvalue weighted by atomic mass is 9.79. The molecule has 0 aromatic heterocycles. The number of nitrogens with zero attached hydrogens (tertiary/aromatic N) is 1. The Morgan fingerprint density at radius 1 is 1.00 bits per heavy atom. The van der Waals surface area contributed by atoms with E-state index in [0.29, 0.717) is 6.42 Å². The number of hydrogen-bond acceptors (Lipinski definition) is 2. The standard InChI is InChI=1S/C21H23NO2/c23-15-19(17-8-2-1-3-9-17)22-20(24)11-6-13-21(22)14-12-16-7-4-5-10-18(16)21/h1-5,7-10,19,23H,6,11-15H2/t19-,21-/m0/s1. The van der Waals surface area contributed by atoms with Crippen LogP contribution in [-0.4, -0.2) is 22.5 Å². The van der Waals surface area contributed by atoms with Gasteiger partial charge in [-0.15, -0.1) is 0 Å². The van der Waals surface area contributed by atoms with E-state index in [0.717, 1.165) is 31.2 Å². The van der Waals surface area contributed by atoms with Gasteiger partial charge in [-0.1, -0.05) is 54.6 Å². The number of hydrogen-bond donors (Lipinski definition) is 1. The van der Waals surface area contributed by atoms with Crippen LogP contribution in [0.15, 0.2) is 54.6 Å². The van der Waals surface area contributed by atoms with Crippen LogP contribution in [-0.2, 0) is 16.8 Å². The second-order valence-electron chi connectivity index (χ2n) is 6.92. The number of aliphatic hydroxyl groups excluding tert-OH is 1. The van der Waals surface area contributed by atoms with Crippen LogP contribution in [0.5, 0.6) is 0 Å². The first-order chi connectivity index (χ1) is 11.8. The van der Waals surface area contributed by atoms with Crippen molar-refractivity contribution in [1.29, 1.82) is 0 Å². The highest BCUT2D eigenvalue weighted by Gasteiger charge is 2.50. The lowest BCUT2D eigenvalue weighted by Crippen LogP contribution is -2.53. The maximum absolute atomic E-state index is 13.0. The van der Waals surface area contributed by atoms with Crippen LogP contribution in [0, 0.1) is 0 Å². The van der Waals surface area contributed by atoms with E-state index < -0.39 is 0 Å². The zero-order valence-corrected chi connectivity index (χ0v) is 13.8. The Bertz CT molecular complexity index is 739. The molecule has 2 atom stereocenters. The highest BCUT2D eigenvalue weighted by atomic mass is 16.3. The van der Waals surface area contributed by atoms with Gasteiger partial charge in [0, 0.05) is 6.42 Å². The Labute approximate surface area is 142 Å². The first-order valence-electron chi connectivity index (χ1n) is 8.82. The molecule has 1 heterocycles. The molecule has 1 saturated heterocycles. The van der Waals surface area contributed by atoms with Crippen LogP contribution in [0.2, 0.25) is 0 Å². The minimum absolute atomic E-state index is 0.0420. The lowest BCUT2D eigenvalue weighted by Gasteiger charge is -2.49. The molecule has 1 aliphatic carbocycles. The third kappa shape index (κ3) is 2.27. The number of benzene rings is 2. The molecule has 0 saturated carbocycles. The van der Waals surface area contributed by atoms with Crippen LogP contribution in [0.4, 0.5) is 0 Å². The van der Waals surface area contributed by atoms with Crippen molar-refractivity contribution < 1.29 is 9.90 Å². The molecule has 1 spiro atoms. The lowest BCUT2D eigenvalue weighted by molar-refractivity contribution is -0.149. The van der Waals surface area contributed by atoms with Crippen molar-refractivity contribution >= 4 is 5.91 Å². The topological polar surface area (TPSA) is 40.5 Å². The van der Waals surface area contributed by atoms with Gasteiger partial charge in [-0.05, 0) is 42.4 Å². The van der Waals surface area contributed by atoms with E-state index in [2.05, 4.69) is 24.3 Å². The summed E-state index contributed by atoms with van der Waals surface area (Å²) in [6.07, 6.45) is 4.46. The van der Waals surface area contributed by atoms with Gasteiger partial charge in [0.25, 0.3) is 0 Å². The molecule has 0 bridgehead atoms. The van der Waals surface area contributed by atoms with Crippen molar-refractivity contribution in [2.45, 2.75) is 43.7 Å². The number of likely N-dealkylation sites (tertiary alicyclic amines) is 1. The summed E-state index contributed by atoms with van der Waals surface area (Å²) in [5, 5.41) is 10.1. The Morgan fingerprint density at radius 3 is 2.54 bits per heavy atom. The number of aryl methyl sites for hydroxylation is 1. The van der Waals surface area contributed by atoms with Gasteiger partial charge in [0.1, 0.15) is 0 Å². The smallest absolute Gasteiger partial charge is 0.223 e. The summed E-state index contributed by atoms with van der Waals surface area (Å²) >= 11 is 0. The molecule has 1 N–H and O–H groups in total. The van der Waals surface area contributed by atoms with Gasteiger partial charge in [-0.25, -0.2) is 0 Å². The summed E-state index contributed by atoms with van der Waals surface area (Å²) in [7, 11) is 0. The summed E-state index contributed by atoms with van der Waals surface area (Å²) in [4.78, 5) is 15.0. The third-order valence-electron chi connectivity index (χ3n) is 5.71. The fourth-order valence-electron chi connectivity index (χ4n) is 4.67. The van der Waals surface area contributed by atoms with Gasteiger partial charge in [0.2, 0.25) is 5.91 Å². The van der Waals surface area contributed by atoms with Gasteiger partial charge in [-0.3, -0.25) is 4.79 Å². The second-order valence-corrected chi connectivity index (χ2v) is 6.92. The Kier molecular flexibility index (Phi) is 3.89. The Hall–Kier alpha value is -2.13. The van der Waals surface area contributed by atoms with Gasteiger partial charge >= 0.3 is 0 Å². The number of rotatable bonds is 3. The average Bonchev–Trinajstić information content (AvgIpc) is 2.98. The number of aliphatic hydroxyl groups is 1. The molecule has 1 fully saturated rings. The van der Waals surface area contributed by atoms with E-state index in [4.69, 9.17) is 0 Å². The summed E-state index contributed by atoms with van der Waals surface area (Å²) in [5.41, 5.74) is 3.39. The van der Waals surface area contributed by atoms with E-state index >= 15 is 0 Å². The third-order valence-corrected chi connectivity index (χ3v) is 5.71. The van der Waals surface area contributed by atoms with E-state index in [9.17, 15) is 9.90 Å². The molecule has 2 aromatic carbocycles. The van der Waals surface area contributed by atoms with Gasteiger partial charge in [-0.2, -0.15) is 0 Å². The number of piperidine rings is 1. The predicted octanol–water partition coefficient (Wildman–Crippen LogP) is 3.57. The highest BCUT2D eigenvalue weighted by Crippen LogP contribution is 2.50. The Morgan fingerprint density at radius 2 is 1.75 bits per heavy atom. The molecular weight excluding hydrogens is 298 g/mol. The van der Waals surface area contributed by atoms with Crippen molar-refractivity contribution in [1.82, 2.24) is 4.90 Å². The zero-order valence-electron chi connectivity index (χ0n) is 13.8. The quantitative estimate of drug-likeness (QED) is 0.939. The van der Waals surface area contributed by atoms with E-state index in [1.807, 2.05) is 35.2 Å². The van der Waals surface area contributed by atoms with Crippen molar-refractivity contribution in [3.05, 3.63) is 71.3 Å². The van der Waals surface area contributed by atoms with Gasteiger partial charge < -0.3 is 10.0 Å². The molecule has 1 amide bonds. The number of carbonyl (C=O) groups excluding carboxylic acids is 1. The number of fused-ring (bicyclic) bond motifs is 2. The first kappa shape index (κ1) is 15.4. The molecule has 2 aliphatic rings. The van der Waals surface area contributed by atoms with Crippen molar-refractivity contribution in [2.75, 3.05) is 6.61 Å². The monoisotopic (exact) mass is 321 g/mol. The molecule has 0 radical (unpaired) electrons. The van der Waals surface area contributed by atoms with Gasteiger partial charge in [0.15, 0.2) is 0 Å². The van der Waals surface area contributed by atoms with Crippen molar-refractivity contribution in [2.24, 2.45) is 0 Å². The van der Waals surface area contributed by atoms with Crippen LogP contribution in [0.1, 0.15) is 48.4 Å². The number of amides is 1. The van der Waals surface area contributed by atoms with Gasteiger partial charge in [0.05, 0.1) is 18.2 Å². The molecule has 0 unspecified atom stereocenters. The zero-order chi connectivity index (χ0) is 16.6. The molecule has 124 valence electrons. The minimum atomic E-state index is -0.273. The normalized spacial score (nSPS) is 24.2. The maximum Gasteiger partial charge on any atom is 0.223 e. The second kappa shape index (κ2) is 6.06. The molecule has 24 heavy (non-hydrogen) atoms. The van der Waals surface area contributed by atoms with Crippen LogP contribution < -0.4 is 0 Å². The van der Waals surface area contributed by atoms with Crippen LogP contribution >= 0.6 is 0 Å². The highest BCUT2D eigenvalue weighted by molar-refractivity contribution is 5.79. The van der Waals surface area contributed by atoms with Crippen LogP contribution in [0.3, 0.4) is 0 Å². The minimum Gasteiger partial charge on any atom is -0.394 e. The fraction of sp³-hybridized carbons (Fsp3) is 0.381. The van der Waals surface area contributed by atoms with E-state index in [-0.39, 0.29) is 24.1 Å². The van der Waals surface area contributed by atoms with Crippen molar-refractivity contribution in [3.63, 3.8) is 0 Å². The summed E-state index contributed by atoms with van der Waals surface area (Å²) in [5.74, 6) is 0.167. The molecule has 2 aromatic rings. The molecule has 4 rings (SSSR count). The first-order valence-corrected chi connectivity index (χ1v) is 8.82. The maximum atomic E-state index is 13.0. The molecule has 1 aliphatic heterocycles. The molecule has 3 heteroatoms. The van der Waals surface area contributed by atoms with E-state index in [1.54, 1.807) is 0 Å². The SMILES string of the molecule is O=C1CCC[C@@]2(CCc3ccccc32)N1[C@@H](CO)c1ccccc1. The fourth-order valence-corrected chi connectivity index (χ4v) is 4.67. The van der Waals surface area contributed by atoms with E-state index in [1.165, 1.54) is 11.1 Å².